The Kier molecular flexibility index (Phi) is 6.68. The van der Waals surface area contributed by atoms with E-state index in [-0.39, 0.29) is 11.2 Å². The van der Waals surface area contributed by atoms with Gasteiger partial charge in [-0.3, -0.25) is 0 Å². The predicted molar refractivity (Wildman–Crippen MR) is 93.6 cm³/mol. The molecule has 4 heteroatoms. The van der Waals surface area contributed by atoms with E-state index in [2.05, 4.69) is 31.2 Å². The van der Waals surface area contributed by atoms with Crippen LogP contribution in [0.2, 0.25) is 0 Å². The van der Waals surface area contributed by atoms with Crippen LogP contribution in [0.1, 0.15) is 24.2 Å². The van der Waals surface area contributed by atoms with Gasteiger partial charge in [-0.1, -0.05) is 48.0 Å². The number of carbonyl (C=O) groups excluding carboxylic acids is 1. The summed E-state index contributed by atoms with van der Waals surface area (Å²) in [5.41, 5.74) is 2.04. The van der Waals surface area contributed by atoms with Gasteiger partial charge in [0, 0.05) is 17.3 Å². The number of benzene rings is 2. The quantitative estimate of drug-likeness (QED) is 0.556. The van der Waals surface area contributed by atoms with E-state index in [1.54, 1.807) is 11.8 Å². The minimum absolute atomic E-state index is 0.176. The predicted octanol–water partition coefficient (Wildman–Crippen LogP) is 4.41. The lowest BCUT2D eigenvalue weighted by Crippen LogP contribution is -2.21. The standard InChI is InChI=1S/C19H22O3S/c1-14-9-11-17(12-10-14)23-15(2)13-22-19(20)18(21-3)16-7-5-4-6-8-16/h4-12,15,18H,13H2,1-3H3/t15-,18-/m0/s1. The van der Waals surface area contributed by atoms with Crippen molar-refractivity contribution in [2.75, 3.05) is 13.7 Å². The fourth-order valence-electron chi connectivity index (χ4n) is 2.15. The molecule has 0 amide bonds. The van der Waals surface area contributed by atoms with Crippen LogP contribution in [0.3, 0.4) is 0 Å². The van der Waals surface area contributed by atoms with Crippen LogP contribution in [-0.4, -0.2) is 24.9 Å². The van der Waals surface area contributed by atoms with Gasteiger partial charge < -0.3 is 9.47 Å². The molecule has 0 heterocycles. The second kappa shape index (κ2) is 8.75. The summed E-state index contributed by atoms with van der Waals surface area (Å²) >= 11 is 1.69. The number of hydrogen-bond donors (Lipinski definition) is 0. The highest BCUT2D eigenvalue weighted by molar-refractivity contribution is 8.00. The summed E-state index contributed by atoms with van der Waals surface area (Å²) in [6.45, 7) is 4.46. The monoisotopic (exact) mass is 330 g/mol. The zero-order valence-corrected chi connectivity index (χ0v) is 14.5. The van der Waals surface area contributed by atoms with Gasteiger partial charge in [0.1, 0.15) is 6.61 Å². The number of thioether (sulfide) groups is 1. The molecule has 0 fully saturated rings. The van der Waals surface area contributed by atoms with Crippen LogP contribution in [0.15, 0.2) is 59.5 Å². The van der Waals surface area contributed by atoms with Crippen LogP contribution in [0, 0.1) is 6.92 Å². The molecule has 0 saturated carbocycles. The van der Waals surface area contributed by atoms with Crippen molar-refractivity contribution in [3.05, 3.63) is 65.7 Å². The van der Waals surface area contributed by atoms with Gasteiger partial charge in [0.05, 0.1) is 0 Å². The van der Waals surface area contributed by atoms with Crippen molar-refractivity contribution in [1.29, 1.82) is 0 Å². The van der Waals surface area contributed by atoms with Crippen LogP contribution in [0.4, 0.5) is 0 Å². The van der Waals surface area contributed by atoms with E-state index in [9.17, 15) is 4.79 Å². The first-order valence-electron chi connectivity index (χ1n) is 7.58. The Labute approximate surface area is 142 Å². The second-order valence-electron chi connectivity index (χ2n) is 5.40. The first kappa shape index (κ1) is 17.6. The molecule has 0 aliphatic heterocycles. The van der Waals surface area contributed by atoms with Gasteiger partial charge in [0.2, 0.25) is 0 Å². The molecule has 0 aliphatic rings. The van der Waals surface area contributed by atoms with Crippen molar-refractivity contribution in [1.82, 2.24) is 0 Å². The smallest absolute Gasteiger partial charge is 0.339 e. The van der Waals surface area contributed by atoms with E-state index in [0.29, 0.717) is 6.61 Å². The molecule has 122 valence electrons. The van der Waals surface area contributed by atoms with E-state index >= 15 is 0 Å². The number of hydrogen-bond acceptors (Lipinski definition) is 4. The van der Waals surface area contributed by atoms with Crippen molar-refractivity contribution in [3.8, 4) is 0 Å². The number of carbonyl (C=O) groups is 1. The Bertz CT molecular complexity index is 610. The summed E-state index contributed by atoms with van der Waals surface area (Å²) in [7, 11) is 1.52. The number of aryl methyl sites for hydroxylation is 1. The summed E-state index contributed by atoms with van der Waals surface area (Å²) in [6.07, 6.45) is -0.673. The molecule has 2 rings (SSSR count). The molecular formula is C19H22O3S. The Morgan fingerprint density at radius 2 is 1.74 bits per heavy atom. The highest BCUT2D eigenvalue weighted by Crippen LogP contribution is 2.24. The van der Waals surface area contributed by atoms with Gasteiger partial charge in [-0.05, 0) is 31.5 Å². The van der Waals surface area contributed by atoms with Crippen molar-refractivity contribution >= 4 is 17.7 Å². The van der Waals surface area contributed by atoms with E-state index in [1.807, 2.05) is 37.3 Å². The van der Waals surface area contributed by atoms with Gasteiger partial charge in [-0.15, -0.1) is 11.8 Å². The lowest BCUT2D eigenvalue weighted by Gasteiger charge is -2.17. The molecule has 0 spiro atoms. The Hall–Kier alpha value is -1.78. The van der Waals surface area contributed by atoms with Crippen LogP contribution in [0.25, 0.3) is 0 Å². The Morgan fingerprint density at radius 3 is 2.35 bits per heavy atom. The lowest BCUT2D eigenvalue weighted by atomic mass is 10.1. The Morgan fingerprint density at radius 1 is 1.09 bits per heavy atom. The molecule has 0 aliphatic carbocycles. The van der Waals surface area contributed by atoms with Gasteiger partial charge in [0.15, 0.2) is 6.10 Å². The average Bonchev–Trinajstić information content (AvgIpc) is 2.57. The molecule has 0 bridgehead atoms. The SMILES string of the molecule is CO[C@H](C(=O)OC[C@H](C)Sc1ccc(C)cc1)c1ccccc1. The number of methoxy groups -OCH3 is 1. The normalized spacial score (nSPS) is 13.3. The van der Waals surface area contributed by atoms with E-state index < -0.39 is 6.10 Å². The van der Waals surface area contributed by atoms with Crippen LogP contribution in [0.5, 0.6) is 0 Å². The highest BCUT2D eigenvalue weighted by atomic mass is 32.2. The summed E-state index contributed by atoms with van der Waals surface area (Å²) in [5.74, 6) is -0.352. The van der Waals surface area contributed by atoms with E-state index in [4.69, 9.17) is 9.47 Å². The van der Waals surface area contributed by atoms with Crippen LogP contribution >= 0.6 is 11.8 Å². The Balaban J connectivity index is 1.86. The molecule has 0 radical (unpaired) electrons. The van der Waals surface area contributed by atoms with Crippen molar-refractivity contribution in [2.24, 2.45) is 0 Å². The zero-order chi connectivity index (χ0) is 16.7. The van der Waals surface area contributed by atoms with E-state index in [1.165, 1.54) is 17.6 Å². The summed E-state index contributed by atoms with van der Waals surface area (Å²) in [5, 5.41) is 0.176. The average molecular weight is 330 g/mol. The topological polar surface area (TPSA) is 35.5 Å². The maximum atomic E-state index is 12.2. The van der Waals surface area contributed by atoms with Crippen molar-refractivity contribution in [3.63, 3.8) is 0 Å². The fraction of sp³-hybridized carbons (Fsp3) is 0.316. The number of esters is 1. The molecule has 2 aromatic carbocycles. The molecule has 2 atom stereocenters. The minimum Gasteiger partial charge on any atom is -0.462 e. The lowest BCUT2D eigenvalue weighted by molar-refractivity contribution is -0.155. The first-order chi connectivity index (χ1) is 11.1. The molecular weight excluding hydrogens is 308 g/mol. The third-order valence-corrected chi connectivity index (χ3v) is 4.45. The second-order valence-corrected chi connectivity index (χ2v) is 6.91. The zero-order valence-electron chi connectivity index (χ0n) is 13.7. The summed E-state index contributed by atoms with van der Waals surface area (Å²) in [4.78, 5) is 13.4. The maximum absolute atomic E-state index is 12.2. The molecule has 2 aromatic rings. The fourth-order valence-corrected chi connectivity index (χ4v) is 3.05. The van der Waals surface area contributed by atoms with Gasteiger partial charge in [-0.2, -0.15) is 0 Å². The van der Waals surface area contributed by atoms with Crippen LogP contribution in [-0.2, 0) is 14.3 Å². The third-order valence-electron chi connectivity index (χ3n) is 3.37. The van der Waals surface area contributed by atoms with Crippen molar-refractivity contribution in [2.45, 2.75) is 30.1 Å². The molecule has 23 heavy (non-hydrogen) atoms. The molecule has 0 saturated heterocycles. The third kappa shape index (κ3) is 5.41. The van der Waals surface area contributed by atoms with Gasteiger partial charge >= 0.3 is 5.97 Å². The van der Waals surface area contributed by atoms with Gasteiger partial charge in [-0.25, -0.2) is 4.79 Å². The molecule has 0 N–H and O–H groups in total. The van der Waals surface area contributed by atoms with E-state index in [0.717, 1.165) is 5.56 Å². The maximum Gasteiger partial charge on any atom is 0.339 e. The largest absolute Gasteiger partial charge is 0.462 e. The summed E-state index contributed by atoms with van der Waals surface area (Å²) < 4.78 is 10.7. The molecule has 0 unspecified atom stereocenters. The molecule has 3 nitrogen and oxygen atoms in total. The number of rotatable bonds is 7. The van der Waals surface area contributed by atoms with Gasteiger partial charge in [0.25, 0.3) is 0 Å². The first-order valence-corrected chi connectivity index (χ1v) is 8.46. The van der Waals surface area contributed by atoms with Crippen molar-refractivity contribution < 1.29 is 14.3 Å². The summed E-state index contributed by atoms with van der Waals surface area (Å²) in [6, 6.07) is 17.7. The highest BCUT2D eigenvalue weighted by Gasteiger charge is 2.22. The minimum atomic E-state index is -0.673. The molecule has 0 aromatic heterocycles. The van der Waals surface area contributed by atoms with Crippen LogP contribution < -0.4 is 0 Å². The number of ether oxygens (including phenoxy) is 2.